The van der Waals surface area contributed by atoms with E-state index in [1.165, 1.54) is 0 Å². The molecule has 2 rings (SSSR count). The average Bonchev–Trinajstić information content (AvgIpc) is 2.45. The number of ether oxygens (including phenoxy) is 1. The van der Waals surface area contributed by atoms with Gasteiger partial charge in [0, 0.05) is 5.69 Å². The van der Waals surface area contributed by atoms with Crippen LogP contribution in [0.2, 0.25) is 0 Å². The maximum Gasteiger partial charge on any atom is 0.263 e. The molecule has 0 fully saturated rings. The number of carbonyl (C=O) groups excluding carboxylic acids is 1. The molecule has 0 bridgehead atoms. The van der Waals surface area contributed by atoms with Crippen LogP contribution in [0.3, 0.4) is 0 Å². The van der Waals surface area contributed by atoms with Crippen molar-refractivity contribution in [2.45, 2.75) is 20.3 Å². The fourth-order valence-corrected chi connectivity index (χ4v) is 1.87. The first kappa shape index (κ1) is 14.1. The number of nitrogens with zero attached hydrogens (tertiary/aromatic N) is 1. The minimum absolute atomic E-state index is 0.0212. The normalized spacial score (nSPS) is 10.1. The lowest BCUT2D eigenvalue weighted by molar-refractivity contribution is -0.118. The van der Waals surface area contributed by atoms with Crippen molar-refractivity contribution in [2.24, 2.45) is 0 Å². The highest BCUT2D eigenvalue weighted by atomic mass is 16.5. The molecule has 4 heteroatoms. The predicted octanol–water partition coefficient (Wildman–Crippen LogP) is 2.97. The molecule has 1 N–H and O–H groups in total. The van der Waals surface area contributed by atoms with E-state index in [-0.39, 0.29) is 12.5 Å². The number of rotatable bonds is 5. The summed E-state index contributed by atoms with van der Waals surface area (Å²) in [5.74, 6) is 1.08. The summed E-state index contributed by atoms with van der Waals surface area (Å²) in [5, 5.41) is 2.72. The number of aryl methyl sites for hydroxylation is 2. The predicted molar refractivity (Wildman–Crippen MR) is 78.9 cm³/mol. The van der Waals surface area contributed by atoms with Crippen LogP contribution < -0.4 is 10.1 Å². The molecule has 1 aromatic heterocycles. The van der Waals surface area contributed by atoms with E-state index in [0.29, 0.717) is 5.82 Å². The lowest BCUT2D eigenvalue weighted by Gasteiger charge is -2.10. The van der Waals surface area contributed by atoms with Gasteiger partial charge in [0.2, 0.25) is 0 Å². The van der Waals surface area contributed by atoms with Crippen molar-refractivity contribution in [1.82, 2.24) is 4.98 Å². The van der Waals surface area contributed by atoms with Gasteiger partial charge in [0.15, 0.2) is 6.61 Å². The molecule has 2 aromatic rings. The zero-order valence-electron chi connectivity index (χ0n) is 11.7. The van der Waals surface area contributed by atoms with Crippen LogP contribution in [0.1, 0.15) is 18.2 Å². The number of carbonyl (C=O) groups is 1. The fraction of sp³-hybridized carbons (Fsp3) is 0.250. The molecule has 0 spiro atoms. The summed E-state index contributed by atoms with van der Waals surface area (Å²) < 4.78 is 5.55. The standard InChI is InChI=1S/C16H18N2O2/c1-3-13-8-4-5-9-14(13)20-11-16(19)18-15-10-6-7-12(2)17-15/h4-10H,3,11H2,1-2H3,(H,17,18,19). The second-order valence-corrected chi connectivity index (χ2v) is 4.46. The van der Waals surface area contributed by atoms with Gasteiger partial charge in [0.05, 0.1) is 0 Å². The minimum atomic E-state index is -0.214. The smallest absolute Gasteiger partial charge is 0.263 e. The Bertz CT molecular complexity index is 597. The van der Waals surface area contributed by atoms with Crippen LogP contribution in [-0.4, -0.2) is 17.5 Å². The van der Waals surface area contributed by atoms with Gasteiger partial charge in [-0.1, -0.05) is 31.2 Å². The van der Waals surface area contributed by atoms with E-state index in [4.69, 9.17) is 4.74 Å². The molecule has 0 radical (unpaired) electrons. The van der Waals surface area contributed by atoms with Gasteiger partial charge in [-0.3, -0.25) is 4.79 Å². The van der Waals surface area contributed by atoms with Crippen molar-refractivity contribution in [2.75, 3.05) is 11.9 Å². The molecule has 0 aliphatic rings. The van der Waals surface area contributed by atoms with Gasteiger partial charge in [-0.05, 0) is 37.1 Å². The lowest BCUT2D eigenvalue weighted by atomic mass is 10.1. The van der Waals surface area contributed by atoms with Crippen molar-refractivity contribution < 1.29 is 9.53 Å². The van der Waals surface area contributed by atoms with Crippen LogP contribution >= 0.6 is 0 Å². The van der Waals surface area contributed by atoms with Gasteiger partial charge in [-0.25, -0.2) is 4.98 Å². The monoisotopic (exact) mass is 270 g/mol. The van der Waals surface area contributed by atoms with Gasteiger partial charge in [0.1, 0.15) is 11.6 Å². The molecule has 104 valence electrons. The second kappa shape index (κ2) is 6.70. The molecule has 0 unspecified atom stereocenters. The number of anilines is 1. The number of aromatic nitrogens is 1. The number of nitrogens with one attached hydrogen (secondary N) is 1. The van der Waals surface area contributed by atoms with Crippen molar-refractivity contribution in [3.05, 3.63) is 53.7 Å². The molecule has 0 saturated heterocycles. The quantitative estimate of drug-likeness (QED) is 0.908. The van der Waals surface area contributed by atoms with E-state index in [9.17, 15) is 4.79 Å². The second-order valence-electron chi connectivity index (χ2n) is 4.46. The number of hydrogen-bond donors (Lipinski definition) is 1. The van der Waals surface area contributed by atoms with Crippen LogP contribution in [0.4, 0.5) is 5.82 Å². The molecular weight excluding hydrogens is 252 g/mol. The molecule has 20 heavy (non-hydrogen) atoms. The first-order valence-electron chi connectivity index (χ1n) is 6.63. The summed E-state index contributed by atoms with van der Waals surface area (Å²) in [6.45, 7) is 3.91. The van der Waals surface area contributed by atoms with Crippen molar-refractivity contribution >= 4 is 11.7 Å². The Morgan fingerprint density at radius 3 is 2.75 bits per heavy atom. The van der Waals surface area contributed by atoms with E-state index in [1.54, 1.807) is 6.07 Å². The Hall–Kier alpha value is -2.36. The SMILES string of the molecule is CCc1ccccc1OCC(=O)Nc1cccc(C)n1. The van der Waals surface area contributed by atoms with Crippen molar-refractivity contribution in [1.29, 1.82) is 0 Å². The van der Waals surface area contributed by atoms with Gasteiger partial charge in [0.25, 0.3) is 5.91 Å². The highest BCUT2D eigenvalue weighted by molar-refractivity contribution is 5.90. The van der Waals surface area contributed by atoms with Gasteiger partial charge < -0.3 is 10.1 Å². The highest BCUT2D eigenvalue weighted by Crippen LogP contribution is 2.18. The molecule has 0 saturated carbocycles. The summed E-state index contributed by atoms with van der Waals surface area (Å²) >= 11 is 0. The number of para-hydroxylation sites is 1. The molecule has 4 nitrogen and oxygen atoms in total. The summed E-state index contributed by atoms with van der Waals surface area (Å²) in [6.07, 6.45) is 0.872. The third-order valence-corrected chi connectivity index (χ3v) is 2.87. The van der Waals surface area contributed by atoms with E-state index < -0.39 is 0 Å². The molecular formula is C16H18N2O2. The average molecular weight is 270 g/mol. The summed E-state index contributed by atoms with van der Waals surface area (Å²) in [7, 11) is 0. The lowest BCUT2D eigenvalue weighted by Crippen LogP contribution is -2.21. The van der Waals surface area contributed by atoms with Gasteiger partial charge in [-0.2, -0.15) is 0 Å². The summed E-state index contributed by atoms with van der Waals surface area (Å²) in [5.41, 5.74) is 1.95. The van der Waals surface area contributed by atoms with E-state index >= 15 is 0 Å². The third-order valence-electron chi connectivity index (χ3n) is 2.87. The number of pyridine rings is 1. The Balaban J connectivity index is 1.92. The van der Waals surface area contributed by atoms with E-state index in [2.05, 4.69) is 17.2 Å². The van der Waals surface area contributed by atoms with Crippen molar-refractivity contribution in [3.8, 4) is 5.75 Å². The third kappa shape index (κ3) is 3.82. The van der Waals surface area contributed by atoms with E-state index in [0.717, 1.165) is 23.4 Å². The first-order valence-corrected chi connectivity index (χ1v) is 6.63. The Morgan fingerprint density at radius 2 is 2.00 bits per heavy atom. The van der Waals surface area contributed by atoms with Crippen LogP contribution in [-0.2, 0) is 11.2 Å². The molecule has 1 heterocycles. The summed E-state index contributed by atoms with van der Waals surface area (Å²) in [4.78, 5) is 16.0. The van der Waals surface area contributed by atoms with Gasteiger partial charge >= 0.3 is 0 Å². The summed E-state index contributed by atoms with van der Waals surface area (Å²) in [6, 6.07) is 13.2. The number of amides is 1. The van der Waals surface area contributed by atoms with Crippen LogP contribution in [0, 0.1) is 6.92 Å². The maximum atomic E-state index is 11.8. The van der Waals surface area contributed by atoms with E-state index in [1.807, 2.05) is 43.3 Å². The Kier molecular flexibility index (Phi) is 4.71. The molecule has 0 atom stereocenters. The van der Waals surface area contributed by atoms with Crippen molar-refractivity contribution in [3.63, 3.8) is 0 Å². The highest BCUT2D eigenvalue weighted by Gasteiger charge is 2.06. The maximum absolute atomic E-state index is 11.8. The largest absolute Gasteiger partial charge is 0.483 e. The van der Waals surface area contributed by atoms with Crippen LogP contribution in [0.5, 0.6) is 5.75 Å². The number of benzene rings is 1. The molecule has 1 aromatic carbocycles. The zero-order valence-corrected chi connectivity index (χ0v) is 11.7. The Labute approximate surface area is 118 Å². The zero-order chi connectivity index (χ0) is 14.4. The fourth-order valence-electron chi connectivity index (χ4n) is 1.87. The molecule has 0 aliphatic carbocycles. The first-order chi connectivity index (χ1) is 9.69. The van der Waals surface area contributed by atoms with Crippen LogP contribution in [0.15, 0.2) is 42.5 Å². The number of hydrogen-bond acceptors (Lipinski definition) is 3. The van der Waals surface area contributed by atoms with Gasteiger partial charge in [-0.15, -0.1) is 0 Å². The molecule has 1 amide bonds. The Morgan fingerprint density at radius 1 is 1.20 bits per heavy atom. The topological polar surface area (TPSA) is 51.2 Å². The molecule has 0 aliphatic heterocycles. The minimum Gasteiger partial charge on any atom is -0.483 e. The van der Waals surface area contributed by atoms with Crippen LogP contribution in [0.25, 0.3) is 0 Å².